The van der Waals surface area contributed by atoms with E-state index in [0.717, 1.165) is 66.1 Å². The van der Waals surface area contributed by atoms with E-state index >= 15 is 0 Å². The van der Waals surface area contributed by atoms with Gasteiger partial charge in [-0.15, -0.1) is 0 Å². The molecule has 0 bridgehead atoms. The van der Waals surface area contributed by atoms with Gasteiger partial charge >= 0.3 is 0 Å². The Morgan fingerprint density at radius 2 is 1.92 bits per heavy atom. The number of nitrogens with zero attached hydrogens (tertiary/aromatic N) is 4. The van der Waals surface area contributed by atoms with Gasteiger partial charge in [0.05, 0.1) is 11.6 Å². The summed E-state index contributed by atoms with van der Waals surface area (Å²) in [6.07, 6.45) is 6.11. The topological polar surface area (TPSA) is 108 Å². The fourth-order valence-corrected chi connectivity index (χ4v) is 5.26. The zero-order valence-corrected chi connectivity index (χ0v) is 23.6. The van der Waals surface area contributed by atoms with Crippen molar-refractivity contribution in [3.05, 3.63) is 88.4 Å². The van der Waals surface area contributed by atoms with Crippen LogP contribution in [0.4, 0.5) is 5.69 Å². The number of aldehydes is 1. The number of aromatic nitrogens is 4. The molecule has 1 atom stereocenters. The highest BCUT2D eigenvalue weighted by atomic mass is 79.9. The van der Waals surface area contributed by atoms with Crippen molar-refractivity contribution in [1.82, 2.24) is 30.4 Å². The number of anilines is 1. The van der Waals surface area contributed by atoms with E-state index in [0.29, 0.717) is 17.4 Å². The molecule has 4 heterocycles. The number of hydrogen-bond acceptors (Lipinski definition) is 8. The predicted molar refractivity (Wildman–Crippen MR) is 155 cm³/mol. The lowest BCUT2D eigenvalue weighted by atomic mass is 9.86. The molecule has 2 aromatic heterocycles. The Morgan fingerprint density at radius 1 is 1.13 bits per heavy atom. The normalized spacial score (nSPS) is 17.9. The van der Waals surface area contributed by atoms with Gasteiger partial charge < -0.3 is 20.3 Å². The number of nitrogens with one attached hydrogen (secondary N) is 3. The van der Waals surface area contributed by atoms with Crippen LogP contribution < -0.4 is 15.4 Å². The van der Waals surface area contributed by atoms with Gasteiger partial charge in [0.1, 0.15) is 18.6 Å². The van der Waals surface area contributed by atoms with Crippen LogP contribution in [0.3, 0.4) is 0 Å². The number of likely N-dealkylation sites (tertiary alicyclic amines) is 1. The molecule has 2 aliphatic rings. The largest absolute Gasteiger partial charge is 0.491 e. The molecular formula is C29H32BrN7O2. The molecule has 202 valence electrons. The van der Waals surface area contributed by atoms with Crippen molar-refractivity contribution in [2.45, 2.75) is 24.4 Å². The molecule has 9 nitrogen and oxygen atoms in total. The summed E-state index contributed by atoms with van der Waals surface area (Å²) in [5.41, 5.74) is 3.38. The van der Waals surface area contributed by atoms with E-state index in [1.165, 1.54) is 5.56 Å². The van der Waals surface area contributed by atoms with Crippen LogP contribution in [-0.4, -0.2) is 65.1 Å². The number of aromatic amines is 1. The first-order valence-corrected chi connectivity index (χ1v) is 13.7. The average Bonchev–Trinajstić information content (AvgIpc) is 3.63. The zero-order chi connectivity index (χ0) is 27.2. The quantitative estimate of drug-likeness (QED) is 0.275. The summed E-state index contributed by atoms with van der Waals surface area (Å²) in [4.78, 5) is 22.3. The monoisotopic (exact) mass is 589 g/mol. The van der Waals surface area contributed by atoms with Gasteiger partial charge in [0.25, 0.3) is 0 Å². The predicted octanol–water partition coefficient (Wildman–Crippen LogP) is 4.81. The number of fused-ring (bicyclic) bond motifs is 1. The van der Waals surface area contributed by atoms with Crippen LogP contribution >= 0.6 is 15.9 Å². The molecule has 1 fully saturated rings. The second kappa shape index (κ2) is 12.1. The van der Waals surface area contributed by atoms with Crippen molar-refractivity contribution in [3.8, 4) is 17.1 Å². The summed E-state index contributed by atoms with van der Waals surface area (Å²) < 4.78 is 6.56. The molecule has 2 aliphatic heterocycles. The SMILES string of the molecule is CN1CCC(Nc2cccc(C=O)c2)(c2nc(-c3ccncc3)n[nH]2)CC1.CNC1COc2cc(Br)ccc21. The Morgan fingerprint density at radius 3 is 2.67 bits per heavy atom. The molecule has 2 aromatic carbocycles. The van der Waals surface area contributed by atoms with E-state index in [4.69, 9.17) is 9.72 Å². The van der Waals surface area contributed by atoms with E-state index in [9.17, 15) is 4.79 Å². The van der Waals surface area contributed by atoms with Gasteiger partial charge in [-0.1, -0.05) is 34.1 Å². The maximum atomic E-state index is 11.1. The zero-order valence-electron chi connectivity index (χ0n) is 22.0. The molecule has 0 spiro atoms. The molecule has 0 aliphatic carbocycles. The van der Waals surface area contributed by atoms with E-state index in [1.807, 2.05) is 49.5 Å². The van der Waals surface area contributed by atoms with Crippen molar-refractivity contribution >= 4 is 27.9 Å². The first-order valence-electron chi connectivity index (χ1n) is 12.9. The lowest BCUT2D eigenvalue weighted by Crippen LogP contribution is -2.46. The fourth-order valence-electron chi connectivity index (χ4n) is 4.92. The number of benzene rings is 2. The number of ether oxygens (including phenoxy) is 1. The number of rotatable bonds is 6. The Bertz CT molecular complexity index is 1400. The van der Waals surface area contributed by atoms with Crippen LogP contribution in [0, 0.1) is 0 Å². The van der Waals surface area contributed by atoms with Gasteiger partial charge in [0, 0.05) is 52.3 Å². The van der Waals surface area contributed by atoms with E-state index in [-0.39, 0.29) is 5.54 Å². The number of H-pyrrole nitrogens is 1. The highest BCUT2D eigenvalue weighted by Crippen LogP contribution is 2.36. The molecule has 4 aromatic rings. The molecule has 39 heavy (non-hydrogen) atoms. The van der Waals surface area contributed by atoms with Gasteiger partial charge in [-0.2, -0.15) is 5.10 Å². The summed E-state index contributed by atoms with van der Waals surface area (Å²) in [7, 11) is 4.07. The second-order valence-corrected chi connectivity index (χ2v) is 10.7. The van der Waals surface area contributed by atoms with Crippen molar-refractivity contribution in [1.29, 1.82) is 0 Å². The summed E-state index contributed by atoms with van der Waals surface area (Å²) in [5, 5.41) is 14.4. The summed E-state index contributed by atoms with van der Waals surface area (Å²) >= 11 is 3.41. The van der Waals surface area contributed by atoms with Crippen LogP contribution in [0.2, 0.25) is 0 Å². The minimum Gasteiger partial charge on any atom is -0.491 e. The van der Waals surface area contributed by atoms with Gasteiger partial charge in [-0.05, 0) is 63.3 Å². The maximum Gasteiger partial charge on any atom is 0.181 e. The molecule has 0 saturated carbocycles. The number of carbonyl (C=O) groups is 1. The summed E-state index contributed by atoms with van der Waals surface area (Å²) in [6, 6.07) is 17.8. The lowest BCUT2D eigenvalue weighted by molar-refractivity contribution is 0.112. The third-order valence-corrected chi connectivity index (χ3v) is 7.72. The first kappa shape index (κ1) is 27.0. The summed E-state index contributed by atoms with van der Waals surface area (Å²) in [6.45, 7) is 2.64. The van der Waals surface area contributed by atoms with E-state index in [2.05, 4.69) is 59.8 Å². The molecule has 3 N–H and O–H groups in total. The summed E-state index contributed by atoms with van der Waals surface area (Å²) in [5.74, 6) is 2.47. The average molecular weight is 591 g/mol. The molecule has 0 amide bonds. The Labute approximate surface area is 236 Å². The van der Waals surface area contributed by atoms with Crippen LogP contribution in [0.1, 0.15) is 40.6 Å². The first-order chi connectivity index (χ1) is 19.0. The van der Waals surface area contributed by atoms with Crippen molar-refractivity contribution in [2.75, 3.05) is 39.1 Å². The molecule has 0 radical (unpaired) electrons. The Balaban J connectivity index is 0.000000214. The van der Waals surface area contributed by atoms with Crippen LogP contribution in [0.5, 0.6) is 5.75 Å². The third kappa shape index (κ3) is 6.19. The molecule has 1 saturated heterocycles. The molecule has 6 rings (SSSR count). The number of pyridine rings is 1. The van der Waals surface area contributed by atoms with Gasteiger partial charge in [-0.25, -0.2) is 4.98 Å². The van der Waals surface area contributed by atoms with Crippen molar-refractivity contribution in [3.63, 3.8) is 0 Å². The van der Waals surface area contributed by atoms with Gasteiger partial charge in [0.2, 0.25) is 0 Å². The van der Waals surface area contributed by atoms with Gasteiger partial charge in [0.15, 0.2) is 11.6 Å². The number of hydrogen-bond donors (Lipinski definition) is 3. The van der Waals surface area contributed by atoms with E-state index in [1.54, 1.807) is 18.5 Å². The van der Waals surface area contributed by atoms with Crippen LogP contribution in [0.15, 0.2) is 71.5 Å². The minimum atomic E-state index is -0.355. The number of likely N-dealkylation sites (N-methyl/N-ethyl adjacent to an activating group) is 1. The molecule has 1 unspecified atom stereocenters. The maximum absolute atomic E-state index is 11.1. The Kier molecular flexibility index (Phi) is 8.35. The minimum absolute atomic E-state index is 0.355. The highest BCUT2D eigenvalue weighted by molar-refractivity contribution is 9.10. The van der Waals surface area contributed by atoms with Crippen molar-refractivity contribution < 1.29 is 9.53 Å². The second-order valence-electron chi connectivity index (χ2n) is 9.83. The van der Waals surface area contributed by atoms with Crippen molar-refractivity contribution in [2.24, 2.45) is 0 Å². The fraction of sp³-hybridized carbons (Fsp3) is 0.310. The molecular weight excluding hydrogens is 558 g/mol. The van der Waals surface area contributed by atoms with E-state index < -0.39 is 0 Å². The standard InChI is InChI=1S/C20H22N6O.C9H10BrNO/c1-26-11-7-20(8-12-26,23-17-4-2-3-15(13-17)14-27)19-22-18(24-25-19)16-5-9-21-10-6-16;1-11-8-5-12-9-4-6(10)2-3-7(8)9/h2-6,9-10,13-14,23H,7-8,11-12H2,1H3,(H,22,24,25);2-4,8,11H,5H2,1H3. The number of carbonyl (C=O) groups excluding carboxylic acids is 1. The highest BCUT2D eigenvalue weighted by Gasteiger charge is 2.38. The number of halogens is 1. The van der Waals surface area contributed by atoms with Gasteiger partial charge in [-0.3, -0.25) is 14.9 Å². The number of piperidine rings is 1. The van der Waals surface area contributed by atoms with Crippen LogP contribution in [-0.2, 0) is 5.54 Å². The third-order valence-electron chi connectivity index (χ3n) is 7.23. The lowest BCUT2D eigenvalue weighted by Gasteiger charge is -2.40. The molecule has 10 heteroatoms. The smallest absolute Gasteiger partial charge is 0.181 e. The Hall–Kier alpha value is -3.60. The van der Waals surface area contributed by atoms with Crippen LogP contribution in [0.25, 0.3) is 11.4 Å².